The molecule has 0 amide bonds. The summed E-state index contributed by atoms with van der Waals surface area (Å²) in [5.74, 6) is 0.907. The molecule has 1 aromatic heterocycles. The molecule has 4 heteroatoms. The van der Waals surface area contributed by atoms with Crippen LogP contribution in [0.1, 0.15) is 19.2 Å². The van der Waals surface area contributed by atoms with E-state index in [2.05, 4.69) is 4.98 Å². The van der Waals surface area contributed by atoms with E-state index in [-0.39, 0.29) is 6.10 Å². The average Bonchev–Trinajstić information content (AvgIpc) is 2.64. The standard InChI is InChI=1S/C10H16N2O2/c1-8-10(13,3-6-14-8)7-9-11-4-5-12(9)2/h4-5,8,13H,3,6-7H2,1-2H3. The van der Waals surface area contributed by atoms with Crippen molar-refractivity contribution < 1.29 is 9.84 Å². The molecule has 0 bridgehead atoms. The van der Waals surface area contributed by atoms with Gasteiger partial charge in [0.1, 0.15) is 5.82 Å². The Labute approximate surface area is 83.5 Å². The van der Waals surface area contributed by atoms with Gasteiger partial charge in [0.05, 0.1) is 11.7 Å². The number of hydrogen-bond acceptors (Lipinski definition) is 3. The van der Waals surface area contributed by atoms with Crippen LogP contribution in [0.25, 0.3) is 0 Å². The Hall–Kier alpha value is -0.870. The van der Waals surface area contributed by atoms with E-state index >= 15 is 0 Å². The van der Waals surface area contributed by atoms with Gasteiger partial charge >= 0.3 is 0 Å². The van der Waals surface area contributed by atoms with Crippen molar-refractivity contribution in [2.24, 2.45) is 7.05 Å². The molecule has 2 unspecified atom stereocenters. The molecular weight excluding hydrogens is 180 g/mol. The molecule has 0 radical (unpaired) electrons. The number of imidazole rings is 1. The van der Waals surface area contributed by atoms with Crippen molar-refractivity contribution in [2.75, 3.05) is 6.61 Å². The molecule has 1 N–H and O–H groups in total. The molecule has 14 heavy (non-hydrogen) atoms. The fraction of sp³-hybridized carbons (Fsp3) is 0.700. The predicted octanol–water partition coefficient (Wildman–Crippen LogP) is 0.502. The summed E-state index contributed by atoms with van der Waals surface area (Å²) in [7, 11) is 1.94. The first-order valence-corrected chi connectivity index (χ1v) is 4.92. The zero-order valence-electron chi connectivity index (χ0n) is 8.60. The Kier molecular flexibility index (Phi) is 2.33. The Morgan fingerprint density at radius 1 is 1.79 bits per heavy atom. The molecule has 1 saturated heterocycles. The highest BCUT2D eigenvalue weighted by Gasteiger charge is 2.40. The second kappa shape index (κ2) is 3.37. The van der Waals surface area contributed by atoms with Crippen LogP contribution in [-0.2, 0) is 18.2 Å². The average molecular weight is 196 g/mol. The molecule has 0 spiro atoms. The second-order valence-corrected chi connectivity index (χ2v) is 4.00. The molecule has 4 nitrogen and oxygen atoms in total. The van der Waals surface area contributed by atoms with Crippen LogP contribution in [0.15, 0.2) is 12.4 Å². The van der Waals surface area contributed by atoms with Gasteiger partial charge in [-0.2, -0.15) is 0 Å². The minimum Gasteiger partial charge on any atom is -0.387 e. The predicted molar refractivity (Wildman–Crippen MR) is 51.9 cm³/mol. The summed E-state index contributed by atoms with van der Waals surface area (Å²) >= 11 is 0. The SMILES string of the molecule is CC1OCCC1(O)Cc1nccn1C. The molecule has 2 atom stereocenters. The first kappa shape index (κ1) is 9.68. The fourth-order valence-electron chi connectivity index (χ4n) is 1.84. The van der Waals surface area contributed by atoms with Crippen LogP contribution in [-0.4, -0.2) is 33.0 Å². The van der Waals surface area contributed by atoms with Crippen molar-refractivity contribution in [1.29, 1.82) is 0 Å². The van der Waals surface area contributed by atoms with E-state index in [1.54, 1.807) is 6.20 Å². The van der Waals surface area contributed by atoms with E-state index in [1.807, 2.05) is 24.7 Å². The minimum atomic E-state index is -0.737. The maximum Gasteiger partial charge on any atom is 0.111 e. The maximum absolute atomic E-state index is 10.3. The molecule has 1 aromatic rings. The summed E-state index contributed by atoms with van der Waals surface area (Å²) < 4.78 is 7.30. The van der Waals surface area contributed by atoms with Gasteiger partial charge in [-0.05, 0) is 6.92 Å². The molecule has 1 aliphatic heterocycles. The van der Waals surface area contributed by atoms with E-state index in [0.717, 1.165) is 5.82 Å². The van der Waals surface area contributed by atoms with Crippen molar-refractivity contribution in [1.82, 2.24) is 9.55 Å². The molecule has 2 heterocycles. The van der Waals surface area contributed by atoms with Gasteiger partial charge in [-0.25, -0.2) is 4.98 Å². The summed E-state index contributed by atoms with van der Waals surface area (Å²) in [5, 5.41) is 10.3. The highest BCUT2D eigenvalue weighted by molar-refractivity contribution is 5.02. The van der Waals surface area contributed by atoms with Gasteiger partial charge < -0.3 is 14.4 Å². The van der Waals surface area contributed by atoms with Crippen LogP contribution in [0, 0.1) is 0 Å². The summed E-state index contributed by atoms with van der Waals surface area (Å²) in [6.45, 7) is 2.55. The Bertz CT molecular complexity index is 324. The first-order chi connectivity index (χ1) is 6.62. The van der Waals surface area contributed by atoms with Crippen LogP contribution in [0.3, 0.4) is 0 Å². The Morgan fingerprint density at radius 2 is 2.57 bits per heavy atom. The van der Waals surface area contributed by atoms with Crippen LogP contribution in [0.5, 0.6) is 0 Å². The molecule has 1 aliphatic rings. The largest absolute Gasteiger partial charge is 0.387 e. The topological polar surface area (TPSA) is 47.3 Å². The quantitative estimate of drug-likeness (QED) is 0.749. The molecule has 2 rings (SSSR count). The number of aromatic nitrogens is 2. The van der Waals surface area contributed by atoms with Crippen molar-refractivity contribution >= 4 is 0 Å². The molecule has 0 aliphatic carbocycles. The summed E-state index contributed by atoms with van der Waals surface area (Å²) in [6.07, 6.45) is 4.80. The Morgan fingerprint density at radius 3 is 3.07 bits per heavy atom. The summed E-state index contributed by atoms with van der Waals surface area (Å²) in [6, 6.07) is 0. The zero-order valence-corrected chi connectivity index (χ0v) is 8.60. The lowest BCUT2D eigenvalue weighted by atomic mass is 9.92. The molecule has 78 valence electrons. The fourth-order valence-corrected chi connectivity index (χ4v) is 1.84. The van der Waals surface area contributed by atoms with Crippen LogP contribution < -0.4 is 0 Å². The van der Waals surface area contributed by atoms with Gasteiger partial charge in [0, 0.05) is 38.9 Å². The number of aliphatic hydroxyl groups is 1. The lowest BCUT2D eigenvalue weighted by Crippen LogP contribution is -2.39. The van der Waals surface area contributed by atoms with E-state index in [0.29, 0.717) is 19.4 Å². The van der Waals surface area contributed by atoms with Crippen LogP contribution >= 0.6 is 0 Å². The monoisotopic (exact) mass is 196 g/mol. The minimum absolute atomic E-state index is 0.0980. The van der Waals surface area contributed by atoms with Gasteiger partial charge in [-0.1, -0.05) is 0 Å². The van der Waals surface area contributed by atoms with Crippen LogP contribution in [0.4, 0.5) is 0 Å². The summed E-state index contributed by atoms with van der Waals surface area (Å²) in [5.41, 5.74) is -0.737. The van der Waals surface area contributed by atoms with Gasteiger partial charge in [-0.15, -0.1) is 0 Å². The van der Waals surface area contributed by atoms with E-state index in [4.69, 9.17) is 4.74 Å². The van der Waals surface area contributed by atoms with Gasteiger partial charge in [-0.3, -0.25) is 0 Å². The number of aryl methyl sites for hydroxylation is 1. The van der Waals surface area contributed by atoms with E-state index in [9.17, 15) is 5.11 Å². The normalized spacial score (nSPS) is 32.4. The number of hydrogen-bond donors (Lipinski definition) is 1. The number of nitrogens with zero attached hydrogens (tertiary/aromatic N) is 2. The third-order valence-electron chi connectivity index (χ3n) is 3.04. The third-order valence-corrected chi connectivity index (χ3v) is 3.04. The Balaban J connectivity index is 2.14. The molecule has 0 aromatic carbocycles. The van der Waals surface area contributed by atoms with Crippen molar-refractivity contribution in [3.05, 3.63) is 18.2 Å². The third kappa shape index (κ3) is 1.55. The lowest BCUT2D eigenvalue weighted by molar-refractivity contribution is -0.0284. The smallest absolute Gasteiger partial charge is 0.111 e. The number of rotatable bonds is 2. The van der Waals surface area contributed by atoms with E-state index in [1.165, 1.54) is 0 Å². The van der Waals surface area contributed by atoms with E-state index < -0.39 is 5.60 Å². The van der Waals surface area contributed by atoms with Crippen molar-refractivity contribution in [3.63, 3.8) is 0 Å². The molecule has 1 fully saturated rings. The van der Waals surface area contributed by atoms with Gasteiger partial charge in [0.25, 0.3) is 0 Å². The van der Waals surface area contributed by atoms with Gasteiger partial charge in [0.15, 0.2) is 0 Å². The zero-order chi connectivity index (χ0) is 10.2. The maximum atomic E-state index is 10.3. The highest BCUT2D eigenvalue weighted by atomic mass is 16.5. The highest BCUT2D eigenvalue weighted by Crippen LogP contribution is 2.28. The number of ether oxygens (including phenoxy) is 1. The molecule has 0 saturated carbocycles. The first-order valence-electron chi connectivity index (χ1n) is 4.92. The van der Waals surface area contributed by atoms with Gasteiger partial charge in [0.2, 0.25) is 0 Å². The lowest BCUT2D eigenvalue weighted by Gasteiger charge is -2.25. The molecular formula is C10H16N2O2. The summed E-state index contributed by atoms with van der Waals surface area (Å²) in [4.78, 5) is 4.21. The second-order valence-electron chi connectivity index (χ2n) is 4.00. The van der Waals surface area contributed by atoms with Crippen LogP contribution in [0.2, 0.25) is 0 Å². The van der Waals surface area contributed by atoms with Crippen molar-refractivity contribution in [2.45, 2.75) is 31.5 Å². The van der Waals surface area contributed by atoms with Crippen molar-refractivity contribution in [3.8, 4) is 0 Å².